The number of hydrogen-bond donors (Lipinski definition) is 1. The van der Waals surface area contributed by atoms with Gasteiger partial charge in [-0.2, -0.15) is 4.98 Å². The predicted molar refractivity (Wildman–Crippen MR) is 60.3 cm³/mol. The smallest absolute Gasteiger partial charge is 0.240 e. The fourth-order valence-electron chi connectivity index (χ4n) is 1.92. The summed E-state index contributed by atoms with van der Waals surface area (Å²) in [5.41, 5.74) is 0. The zero-order chi connectivity index (χ0) is 11.7. The molecule has 1 aromatic rings. The zero-order valence-corrected chi connectivity index (χ0v) is 10.1. The normalized spacial score (nSPS) is 26.3. The molecule has 2 heterocycles. The van der Waals surface area contributed by atoms with Gasteiger partial charge in [0.25, 0.3) is 0 Å². The molecule has 0 spiro atoms. The summed E-state index contributed by atoms with van der Waals surface area (Å²) < 4.78 is 10.8. The third-order valence-corrected chi connectivity index (χ3v) is 3.16. The molecule has 0 radical (unpaired) electrons. The lowest BCUT2D eigenvalue weighted by Gasteiger charge is -2.27. The Hall–Kier alpha value is -0.980. The first-order chi connectivity index (χ1) is 8.31. The summed E-state index contributed by atoms with van der Waals surface area (Å²) in [4.78, 5) is 6.59. The molecule has 1 aromatic heterocycles. The maximum Gasteiger partial charge on any atom is 0.240 e. The molecule has 0 bridgehead atoms. The minimum atomic E-state index is -0.0489. The van der Waals surface area contributed by atoms with Crippen LogP contribution in [0, 0.1) is 0 Å². The van der Waals surface area contributed by atoms with Crippen molar-refractivity contribution in [1.82, 2.24) is 20.4 Å². The number of nitrogens with one attached hydrogen (secondary N) is 1. The van der Waals surface area contributed by atoms with Crippen LogP contribution < -0.4 is 5.32 Å². The van der Waals surface area contributed by atoms with Gasteiger partial charge in [0.1, 0.15) is 6.10 Å². The van der Waals surface area contributed by atoms with Crippen molar-refractivity contribution in [3.8, 4) is 0 Å². The lowest BCUT2D eigenvalue weighted by atomic mass is 10.3. The lowest BCUT2D eigenvalue weighted by Crippen LogP contribution is -2.35. The van der Waals surface area contributed by atoms with Gasteiger partial charge >= 0.3 is 0 Å². The van der Waals surface area contributed by atoms with E-state index in [0.717, 1.165) is 19.7 Å². The molecule has 94 valence electrons. The molecule has 1 aliphatic carbocycles. The maximum absolute atomic E-state index is 5.64. The van der Waals surface area contributed by atoms with E-state index in [2.05, 4.69) is 27.4 Å². The summed E-state index contributed by atoms with van der Waals surface area (Å²) in [6.45, 7) is 3.19. The summed E-state index contributed by atoms with van der Waals surface area (Å²) in [6, 6.07) is 0.655. The average molecular weight is 238 g/mol. The van der Waals surface area contributed by atoms with E-state index in [-0.39, 0.29) is 6.10 Å². The van der Waals surface area contributed by atoms with Crippen LogP contribution in [-0.4, -0.2) is 47.8 Å². The SMILES string of the molecule is CN1CCOC(c2noc(CNC3CC3)n2)C1. The van der Waals surface area contributed by atoms with Crippen LogP contribution in [0.25, 0.3) is 0 Å². The van der Waals surface area contributed by atoms with E-state index in [1.54, 1.807) is 0 Å². The number of likely N-dealkylation sites (N-methyl/N-ethyl adjacent to an activating group) is 1. The molecule has 1 atom stereocenters. The van der Waals surface area contributed by atoms with Gasteiger partial charge in [-0.3, -0.25) is 0 Å². The Morgan fingerprint density at radius 2 is 2.35 bits per heavy atom. The highest BCUT2D eigenvalue weighted by molar-refractivity contribution is 4.94. The van der Waals surface area contributed by atoms with Crippen LogP contribution in [-0.2, 0) is 11.3 Å². The molecule has 1 saturated heterocycles. The number of hydrogen-bond acceptors (Lipinski definition) is 6. The molecule has 1 aliphatic heterocycles. The Morgan fingerprint density at radius 3 is 3.12 bits per heavy atom. The molecule has 2 fully saturated rings. The van der Waals surface area contributed by atoms with Crippen molar-refractivity contribution >= 4 is 0 Å². The molecular formula is C11H18N4O2. The van der Waals surface area contributed by atoms with Crippen LogP contribution in [0.1, 0.15) is 30.7 Å². The Bertz CT molecular complexity index is 377. The van der Waals surface area contributed by atoms with Crippen molar-refractivity contribution in [1.29, 1.82) is 0 Å². The summed E-state index contributed by atoms with van der Waals surface area (Å²) >= 11 is 0. The third kappa shape index (κ3) is 2.83. The first kappa shape index (κ1) is 11.1. The van der Waals surface area contributed by atoms with Crippen molar-refractivity contribution in [2.75, 3.05) is 26.7 Å². The first-order valence-corrected chi connectivity index (χ1v) is 6.17. The molecule has 0 aromatic carbocycles. The van der Waals surface area contributed by atoms with Gasteiger partial charge in [0.2, 0.25) is 11.7 Å². The fourth-order valence-corrected chi connectivity index (χ4v) is 1.92. The van der Waals surface area contributed by atoms with Crippen molar-refractivity contribution in [2.24, 2.45) is 0 Å². The topological polar surface area (TPSA) is 63.4 Å². The van der Waals surface area contributed by atoms with Crippen LogP contribution in [0.4, 0.5) is 0 Å². The van der Waals surface area contributed by atoms with Gasteiger partial charge in [-0.05, 0) is 19.9 Å². The molecular weight excluding hydrogens is 220 g/mol. The predicted octanol–water partition coefficient (Wildman–Crippen LogP) is 0.325. The van der Waals surface area contributed by atoms with Gasteiger partial charge in [-0.25, -0.2) is 0 Å². The molecule has 0 amide bonds. The Labute approximate surface area is 100 Å². The minimum Gasteiger partial charge on any atom is -0.367 e. The largest absolute Gasteiger partial charge is 0.367 e. The van der Waals surface area contributed by atoms with Gasteiger partial charge in [0.05, 0.1) is 13.2 Å². The first-order valence-electron chi connectivity index (χ1n) is 6.17. The van der Waals surface area contributed by atoms with Crippen LogP contribution in [0.5, 0.6) is 0 Å². The number of nitrogens with zero attached hydrogens (tertiary/aromatic N) is 3. The van der Waals surface area contributed by atoms with Crippen LogP contribution in [0.3, 0.4) is 0 Å². The highest BCUT2D eigenvalue weighted by atomic mass is 16.5. The second kappa shape index (κ2) is 4.72. The molecule has 17 heavy (non-hydrogen) atoms. The van der Waals surface area contributed by atoms with E-state index in [9.17, 15) is 0 Å². The van der Waals surface area contributed by atoms with E-state index < -0.39 is 0 Å². The van der Waals surface area contributed by atoms with Gasteiger partial charge < -0.3 is 19.5 Å². The van der Waals surface area contributed by atoms with E-state index >= 15 is 0 Å². The quantitative estimate of drug-likeness (QED) is 0.815. The zero-order valence-electron chi connectivity index (χ0n) is 10.1. The van der Waals surface area contributed by atoms with Crippen molar-refractivity contribution in [3.05, 3.63) is 11.7 Å². The number of ether oxygens (including phenoxy) is 1. The van der Waals surface area contributed by atoms with Crippen molar-refractivity contribution in [3.63, 3.8) is 0 Å². The van der Waals surface area contributed by atoms with Crippen molar-refractivity contribution < 1.29 is 9.26 Å². The maximum atomic E-state index is 5.64. The standard InChI is InChI=1S/C11H18N4O2/c1-15-4-5-16-9(7-15)11-13-10(17-14-11)6-12-8-2-3-8/h8-9,12H,2-7H2,1H3. The molecule has 1 N–H and O–H groups in total. The average Bonchev–Trinajstić information content (AvgIpc) is 3.04. The summed E-state index contributed by atoms with van der Waals surface area (Å²) in [7, 11) is 2.07. The number of rotatable bonds is 4. The molecule has 2 aliphatic rings. The van der Waals surface area contributed by atoms with E-state index in [1.807, 2.05) is 0 Å². The van der Waals surface area contributed by atoms with Crippen LogP contribution in [0.15, 0.2) is 4.52 Å². The van der Waals surface area contributed by atoms with E-state index in [1.165, 1.54) is 12.8 Å². The summed E-state index contributed by atoms with van der Waals surface area (Å²) in [5.74, 6) is 1.33. The van der Waals surface area contributed by atoms with Crippen molar-refractivity contribution in [2.45, 2.75) is 31.5 Å². The highest BCUT2D eigenvalue weighted by Gasteiger charge is 2.25. The molecule has 1 unspecified atom stereocenters. The van der Waals surface area contributed by atoms with Gasteiger partial charge in [0.15, 0.2) is 0 Å². The Kier molecular flexibility index (Phi) is 3.09. The second-order valence-corrected chi connectivity index (χ2v) is 4.82. The van der Waals surface area contributed by atoms with E-state index in [4.69, 9.17) is 9.26 Å². The third-order valence-electron chi connectivity index (χ3n) is 3.16. The molecule has 6 nitrogen and oxygen atoms in total. The highest BCUT2D eigenvalue weighted by Crippen LogP contribution is 2.20. The molecule has 3 rings (SSSR count). The minimum absolute atomic E-state index is 0.0489. The number of morpholine rings is 1. The summed E-state index contributed by atoms with van der Waals surface area (Å²) in [5, 5.41) is 7.35. The molecule has 1 saturated carbocycles. The van der Waals surface area contributed by atoms with E-state index in [0.29, 0.717) is 24.3 Å². The summed E-state index contributed by atoms with van der Waals surface area (Å²) in [6.07, 6.45) is 2.47. The van der Waals surface area contributed by atoms with Gasteiger partial charge in [-0.1, -0.05) is 5.16 Å². The van der Waals surface area contributed by atoms with Gasteiger partial charge in [-0.15, -0.1) is 0 Å². The van der Waals surface area contributed by atoms with Gasteiger partial charge in [0, 0.05) is 19.1 Å². The van der Waals surface area contributed by atoms with Crippen LogP contribution >= 0.6 is 0 Å². The number of aromatic nitrogens is 2. The van der Waals surface area contributed by atoms with Crippen LogP contribution in [0.2, 0.25) is 0 Å². The monoisotopic (exact) mass is 238 g/mol. The Balaban J connectivity index is 1.58. The molecule has 6 heteroatoms. The fraction of sp³-hybridized carbons (Fsp3) is 0.818. The Morgan fingerprint density at radius 1 is 1.47 bits per heavy atom. The lowest BCUT2D eigenvalue weighted by molar-refractivity contribution is -0.0264. The second-order valence-electron chi connectivity index (χ2n) is 4.82.